The Morgan fingerprint density at radius 2 is 1.96 bits per heavy atom. The van der Waals surface area contributed by atoms with Crippen LogP contribution in [0.15, 0.2) is 34.9 Å². The number of aryl methyl sites for hydroxylation is 3. The number of carbonyl (C=O) groups excluding carboxylic acids is 1. The molecule has 0 fully saturated rings. The van der Waals surface area contributed by atoms with Crippen molar-refractivity contribution in [3.63, 3.8) is 0 Å². The summed E-state index contributed by atoms with van der Waals surface area (Å²) in [5.74, 6) is -0.323. The fraction of sp³-hybridized carbons (Fsp3) is 0.176. The van der Waals surface area contributed by atoms with Gasteiger partial charge in [0.25, 0.3) is 11.6 Å². The highest BCUT2D eigenvalue weighted by Gasteiger charge is 2.19. The van der Waals surface area contributed by atoms with E-state index in [1.54, 1.807) is 30.5 Å². The number of nitro benzene ring substituents is 1. The molecule has 3 aromatic rings. The van der Waals surface area contributed by atoms with Crippen molar-refractivity contribution in [2.75, 3.05) is 5.32 Å². The van der Waals surface area contributed by atoms with E-state index < -0.39 is 4.92 Å². The first-order valence-electron chi connectivity index (χ1n) is 7.49. The summed E-state index contributed by atoms with van der Waals surface area (Å²) in [5, 5.41) is 13.7. The Morgan fingerprint density at radius 3 is 2.60 bits per heavy atom. The van der Waals surface area contributed by atoms with E-state index in [2.05, 4.69) is 26.2 Å². The van der Waals surface area contributed by atoms with Gasteiger partial charge in [0.1, 0.15) is 11.3 Å². The van der Waals surface area contributed by atoms with Crippen molar-refractivity contribution in [2.24, 2.45) is 0 Å². The molecule has 25 heavy (non-hydrogen) atoms. The molecule has 8 heteroatoms. The molecule has 128 valence electrons. The van der Waals surface area contributed by atoms with E-state index >= 15 is 0 Å². The molecule has 0 saturated heterocycles. The second kappa shape index (κ2) is 6.29. The molecule has 0 aliphatic rings. The van der Waals surface area contributed by atoms with Gasteiger partial charge in [-0.1, -0.05) is 0 Å². The molecular formula is C17H15BrN4O3. The van der Waals surface area contributed by atoms with Crippen molar-refractivity contribution >= 4 is 38.9 Å². The largest absolute Gasteiger partial charge is 0.321 e. The standard InChI is InChI=1S/C17H15BrN4O3/c1-9-7-13(4-5-14(9)22(24)25)20-17(23)15-11(3)19-16-10(2)6-12(18)8-21(15)16/h4-8H,1-3H3,(H,20,23). The molecule has 0 saturated carbocycles. The minimum Gasteiger partial charge on any atom is -0.321 e. The van der Waals surface area contributed by atoms with Gasteiger partial charge in [0.05, 0.1) is 10.6 Å². The van der Waals surface area contributed by atoms with Gasteiger partial charge in [0, 0.05) is 28.0 Å². The Labute approximate surface area is 152 Å². The van der Waals surface area contributed by atoms with Crippen LogP contribution in [0.5, 0.6) is 0 Å². The zero-order valence-corrected chi connectivity index (χ0v) is 15.4. The number of amides is 1. The third kappa shape index (κ3) is 3.12. The Balaban J connectivity index is 1.99. The van der Waals surface area contributed by atoms with Crippen LogP contribution in [0.4, 0.5) is 11.4 Å². The molecule has 0 aliphatic carbocycles. The van der Waals surface area contributed by atoms with E-state index in [1.807, 2.05) is 13.0 Å². The highest BCUT2D eigenvalue weighted by Crippen LogP contribution is 2.24. The van der Waals surface area contributed by atoms with Crippen LogP contribution in [-0.2, 0) is 0 Å². The van der Waals surface area contributed by atoms with Gasteiger partial charge in [-0.25, -0.2) is 4.98 Å². The molecule has 1 aromatic carbocycles. The number of nitrogens with one attached hydrogen (secondary N) is 1. The van der Waals surface area contributed by atoms with Gasteiger partial charge in [-0.3, -0.25) is 19.3 Å². The number of halogens is 1. The lowest BCUT2D eigenvalue weighted by Gasteiger charge is -2.08. The second-order valence-corrected chi connectivity index (χ2v) is 6.71. The summed E-state index contributed by atoms with van der Waals surface area (Å²) in [6.45, 7) is 5.33. The highest BCUT2D eigenvalue weighted by atomic mass is 79.9. The number of rotatable bonds is 3. The average Bonchev–Trinajstić information content (AvgIpc) is 2.83. The Morgan fingerprint density at radius 1 is 1.24 bits per heavy atom. The first-order valence-corrected chi connectivity index (χ1v) is 8.28. The molecule has 0 radical (unpaired) electrons. The number of anilines is 1. The van der Waals surface area contributed by atoms with E-state index in [9.17, 15) is 14.9 Å². The van der Waals surface area contributed by atoms with Gasteiger partial charge in [-0.15, -0.1) is 0 Å². The number of nitro groups is 1. The molecule has 0 aliphatic heterocycles. The van der Waals surface area contributed by atoms with E-state index in [4.69, 9.17) is 0 Å². The summed E-state index contributed by atoms with van der Waals surface area (Å²) in [7, 11) is 0. The minimum absolute atomic E-state index is 0.0172. The second-order valence-electron chi connectivity index (χ2n) is 5.79. The normalized spacial score (nSPS) is 10.9. The van der Waals surface area contributed by atoms with E-state index in [0.717, 1.165) is 10.0 Å². The number of pyridine rings is 1. The van der Waals surface area contributed by atoms with Crippen molar-refractivity contribution in [3.8, 4) is 0 Å². The smallest absolute Gasteiger partial charge is 0.274 e. The monoisotopic (exact) mass is 402 g/mol. The van der Waals surface area contributed by atoms with Gasteiger partial charge in [-0.05, 0) is 60.5 Å². The fourth-order valence-electron chi connectivity index (χ4n) is 2.78. The number of nitrogens with zero attached hydrogens (tertiary/aromatic N) is 3. The Kier molecular flexibility index (Phi) is 4.30. The third-order valence-corrected chi connectivity index (χ3v) is 4.35. The molecule has 0 spiro atoms. The lowest BCUT2D eigenvalue weighted by molar-refractivity contribution is -0.385. The van der Waals surface area contributed by atoms with E-state index in [-0.39, 0.29) is 11.6 Å². The minimum atomic E-state index is -0.449. The molecule has 0 unspecified atom stereocenters. The van der Waals surface area contributed by atoms with Crippen LogP contribution in [0, 0.1) is 30.9 Å². The van der Waals surface area contributed by atoms with Crippen LogP contribution in [-0.4, -0.2) is 20.2 Å². The molecule has 2 heterocycles. The predicted octanol–water partition coefficient (Wildman–Crippen LogP) is 4.18. The summed E-state index contributed by atoms with van der Waals surface area (Å²) >= 11 is 3.43. The molecule has 2 aromatic heterocycles. The molecule has 3 rings (SSSR count). The van der Waals surface area contributed by atoms with Crippen molar-refractivity contribution in [1.29, 1.82) is 0 Å². The molecule has 1 amide bonds. The van der Waals surface area contributed by atoms with Crippen LogP contribution < -0.4 is 5.32 Å². The quantitative estimate of drug-likeness (QED) is 0.525. The van der Waals surface area contributed by atoms with Crippen molar-refractivity contribution in [2.45, 2.75) is 20.8 Å². The van der Waals surface area contributed by atoms with Gasteiger partial charge in [0.2, 0.25) is 0 Å². The molecule has 0 atom stereocenters. The van der Waals surface area contributed by atoms with E-state index in [0.29, 0.717) is 28.3 Å². The SMILES string of the molecule is Cc1cc(NC(=O)c2c(C)nc3c(C)cc(Br)cn23)ccc1[N+](=O)[O-]. The summed E-state index contributed by atoms with van der Waals surface area (Å²) < 4.78 is 2.58. The Hall–Kier alpha value is -2.74. The van der Waals surface area contributed by atoms with Crippen LogP contribution in [0.2, 0.25) is 0 Å². The maximum absolute atomic E-state index is 12.7. The van der Waals surface area contributed by atoms with E-state index in [1.165, 1.54) is 12.1 Å². The number of carbonyl (C=O) groups is 1. The maximum Gasteiger partial charge on any atom is 0.274 e. The molecule has 0 bridgehead atoms. The summed E-state index contributed by atoms with van der Waals surface area (Å²) in [4.78, 5) is 27.7. The predicted molar refractivity (Wildman–Crippen MR) is 98.2 cm³/mol. The summed E-state index contributed by atoms with van der Waals surface area (Å²) in [6, 6.07) is 6.41. The van der Waals surface area contributed by atoms with Crippen LogP contribution in [0.3, 0.4) is 0 Å². The Bertz CT molecular complexity index is 1030. The summed E-state index contributed by atoms with van der Waals surface area (Å²) in [6.07, 6.45) is 1.79. The average molecular weight is 403 g/mol. The lowest BCUT2D eigenvalue weighted by Crippen LogP contribution is -2.16. The van der Waals surface area contributed by atoms with Crippen molar-refractivity contribution in [3.05, 3.63) is 67.6 Å². The zero-order valence-electron chi connectivity index (χ0n) is 13.8. The van der Waals surface area contributed by atoms with Gasteiger partial charge >= 0.3 is 0 Å². The number of hydrogen-bond acceptors (Lipinski definition) is 4. The third-order valence-electron chi connectivity index (χ3n) is 3.91. The fourth-order valence-corrected chi connectivity index (χ4v) is 3.33. The highest BCUT2D eigenvalue weighted by molar-refractivity contribution is 9.10. The van der Waals surface area contributed by atoms with Crippen LogP contribution in [0.25, 0.3) is 5.65 Å². The zero-order chi connectivity index (χ0) is 18.3. The van der Waals surface area contributed by atoms with Crippen LogP contribution in [0.1, 0.15) is 27.3 Å². The first kappa shape index (κ1) is 17.1. The van der Waals surface area contributed by atoms with Crippen molar-refractivity contribution < 1.29 is 9.72 Å². The van der Waals surface area contributed by atoms with Crippen molar-refractivity contribution in [1.82, 2.24) is 9.38 Å². The topological polar surface area (TPSA) is 89.5 Å². The molecular weight excluding hydrogens is 388 g/mol. The number of benzene rings is 1. The van der Waals surface area contributed by atoms with Crippen LogP contribution >= 0.6 is 15.9 Å². The number of hydrogen-bond donors (Lipinski definition) is 1. The maximum atomic E-state index is 12.7. The number of imidazole rings is 1. The van der Waals surface area contributed by atoms with Gasteiger partial charge in [-0.2, -0.15) is 0 Å². The van der Waals surface area contributed by atoms with Gasteiger partial charge in [0.15, 0.2) is 0 Å². The number of fused-ring (bicyclic) bond motifs is 1. The summed E-state index contributed by atoms with van der Waals surface area (Å²) in [5.41, 5.74) is 3.69. The van der Waals surface area contributed by atoms with Gasteiger partial charge < -0.3 is 5.32 Å². The lowest BCUT2D eigenvalue weighted by atomic mass is 10.2. The molecule has 1 N–H and O–H groups in total. The molecule has 7 nitrogen and oxygen atoms in total. The first-order chi connectivity index (χ1) is 11.8. The number of aromatic nitrogens is 2.